The number of methoxy groups -OCH3 is 1. The number of hydrogen-bond donors (Lipinski definition) is 0. The zero-order chi connectivity index (χ0) is 25.9. The number of fused-ring (bicyclic) bond motifs is 1. The highest BCUT2D eigenvalue weighted by Crippen LogP contribution is 2.45. The van der Waals surface area contributed by atoms with Gasteiger partial charge in [0.25, 0.3) is 0 Å². The quantitative estimate of drug-likeness (QED) is 0.364. The van der Waals surface area contributed by atoms with Crippen LogP contribution in [0.1, 0.15) is 29.0 Å². The summed E-state index contributed by atoms with van der Waals surface area (Å²) in [5, 5.41) is 11.6. The van der Waals surface area contributed by atoms with Crippen molar-refractivity contribution in [3.63, 3.8) is 0 Å². The molecule has 0 aromatic heterocycles. The van der Waals surface area contributed by atoms with Crippen LogP contribution in [-0.2, 0) is 11.4 Å². The molecule has 37 heavy (non-hydrogen) atoms. The Morgan fingerprint density at radius 3 is 2.65 bits per heavy atom. The summed E-state index contributed by atoms with van der Waals surface area (Å²) < 4.78 is 11.6. The van der Waals surface area contributed by atoms with Crippen molar-refractivity contribution in [3.05, 3.63) is 99.0 Å². The van der Waals surface area contributed by atoms with Gasteiger partial charge in [0.2, 0.25) is 5.91 Å². The zero-order valence-electron chi connectivity index (χ0n) is 20.6. The number of amides is 1. The van der Waals surface area contributed by atoms with Gasteiger partial charge in [-0.15, -0.1) is 0 Å². The van der Waals surface area contributed by atoms with Crippen molar-refractivity contribution < 1.29 is 14.3 Å². The van der Waals surface area contributed by atoms with Gasteiger partial charge in [-0.1, -0.05) is 65.8 Å². The molecule has 1 saturated heterocycles. The third-order valence-electron chi connectivity index (χ3n) is 6.64. The lowest BCUT2D eigenvalue weighted by Crippen LogP contribution is -2.47. The molecule has 1 atom stereocenters. The van der Waals surface area contributed by atoms with E-state index in [1.165, 1.54) is 11.8 Å². The minimum Gasteiger partial charge on any atom is -0.493 e. The maximum absolute atomic E-state index is 13.3. The molecule has 2 heterocycles. The first-order valence-electron chi connectivity index (χ1n) is 11.9. The Morgan fingerprint density at radius 2 is 1.92 bits per heavy atom. The van der Waals surface area contributed by atoms with Crippen molar-refractivity contribution in [2.75, 3.05) is 24.6 Å². The lowest BCUT2D eigenvalue weighted by atomic mass is 9.86. The fourth-order valence-electron chi connectivity index (χ4n) is 4.54. The number of hydrogen-bond acceptors (Lipinski definition) is 6. The second-order valence-corrected chi connectivity index (χ2v) is 10.3. The maximum Gasteiger partial charge on any atom is 0.229 e. The number of nitriles is 1. The van der Waals surface area contributed by atoms with Crippen molar-refractivity contribution in [3.8, 4) is 17.6 Å². The topological polar surface area (TPSA) is 65.8 Å². The number of aryl methyl sites for hydroxylation is 1. The molecule has 1 unspecified atom stereocenters. The van der Waals surface area contributed by atoms with Crippen LogP contribution in [-0.4, -0.2) is 30.5 Å². The Hall–Kier alpha value is -3.60. The van der Waals surface area contributed by atoms with Crippen LogP contribution in [0.2, 0.25) is 5.02 Å². The second-order valence-electron chi connectivity index (χ2n) is 8.98. The molecule has 3 aromatic rings. The van der Waals surface area contributed by atoms with E-state index in [9.17, 15) is 10.1 Å². The fourth-order valence-corrected chi connectivity index (χ4v) is 5.89. The van der Waals surface area contributed by atoms with Crippen LogP contribution < -0.4 is 14.4 Å². The fraction of sp³-hybridized carbons (Fsp3) is 0.241. The predicted octanol–water partition coefficient (Wildman–Crippen LogP) is 6.46. The van der Waals surface area contributed by atoms with Crippen molar-refractivity contribution in [2.24, 2.45) is 0 Å². The zero-order valence-corrected chi connectivity index (χ0v) is 22.2. The molecule has 3 aromatic carbocycles. The standard InChI is InChI=1S/C29H26ClN3O3S/c1-19-8-10-22(13-25(19)30)32-17-33-28(34)14-23(24(15-31)29(33)37-18-32)21-9-11-26(27(12-21)35-2)36-16-20-6-4-3-5-7-20/h3-13,23H,14,16-18H2,1-2H3. The van der Waals surface area contributed by atoms with E-state index in [2.05, 4.69) is 11.0 Å². The highest BCUT2D eigenvalue weighted by molar-refractivity contribution is 8.03. The number of benzene rings is 3. The summed E-state index contributed by atoms with van der Waals surface area (Å²) in [6.07, 6.45) is 0.211. The van der Waals surface area contributed by atoms with Gasteiger partial charge >= 0.3 is 0 Å². The molecule has 8 heteroatoms. The summed E-state index contributed by atoms with van der Waals surface area (Å²) in [7, 11) is 1.59. The second kappa shape index (κ2) is 10.8. The van der Waals surface area contributed by atoms with Gasteiger partial charge in [-0.3, -0.25) is 9.69 Å². The number of halogens is 1. The van der Waals surface area contributed by atoms with Crippen LogP contribution in [0.15, 0.2) is 77.3 Å². The largest absolute Gasteiger partial charge is 0.493 e. The number of nitrogens with zero attached hydrogens (tertiary/aromatic N) is 3. The number of carbonyl (C=O) groups excluding carboxylic acids is 1. The van der Waals surface area contributed by atoms with E-state index in [0.29, 0.717) is 41.2 Å². The third-order valence-corrected chi connectivity index (χ3v) is 8.20. The molecule has 0 bridgehead atoms. The van der Waals surface area contributed by atoms with E-state index in [-0.39, 0.29) is 18.2 Å². The van der Waals surface area contributed by atoms with Crippen LogP contribution in [0.5, 0.6) is 11.5 Å². The average molecular weight is 532 g/mol. The Labute approximate surface area is 226 Å². The SMILES string of the molecule is COc1cc(C2CC(=O)N3CN(c4ccc(C)c(Cl)c4)CSC3=C2C#N)ccc1OCc1ccccc1. The van der Waals surface area contributed by atoms with Crippen molar-refractivity contribution in [2.45, 2.75) is 25.9 Å². The molecule has 6 nitrogen and oxygen atoms in total. The first kappa shape index (κ1) is 25.1. The number of carbonyl (C=O) groups is 1. The van der Waals surface area contributed by atoms with Gasteiger partial charge in [0, 0.05) is 23.0 Å². The van der Waals surface area contributed by atoms with Crippen LogP contribution in [0.3, 0.4) is 0 Å². The van der Waals surface area contributed by atoms with E-state index in [4.69, 9.17) is 21.1 Å². The van der Waals surface area contributed by atoms with E-state index in [0.717, 1.165) is 27.4 Å². The summed E-state index contributed by atoms with van der Waals surface area (Å²) in [5.74, 6) is 1.45. The summed E-state index contributed by atoms with van der Waals surface area (Å²) in [6, 6.07) is 23.9. The smallest absolute Gasteiger partial charge is 0.229 e. The van der Waals surface area contributed by atoms with E-state index in [1.807, 2.05) is 73.7 Å². The van der Waals surface area contributed by atoms with Gasteiger partial charge in [-0.25, -0.2) is 0 Å². The highest BCUT2D eigenvalue weighted by Gasteiger charge is 2.38. The molecule has 0 radical (unpaired) electrons. The number of ether oxygens (including phenoxy) is 2. The number of thioether (sulfide) groups is 1. The first-order valence-corrected chi connectivity index (χ1v) is 13.3. The van der Waals surface area contributed by atoms with Crippen LogP contribution in [0.25, 0.3) is 0 Å². The van der Waals surface area contributed by atoms with E-state index in [1.54, 1.807) is 12.0 Å². The number of rotatable bonds is 6. The monoisotopic (exact) mass is 531 g/mol. The van der Waals surface area contributed by atoms with Gasteiger partial charge in [0.05, 0.1) is 36.3 Å². The Bertz CT molecular complexity index is 1400. The normalized spacial score (nSPS) is 17.4. The van der Waals surface area contributed by atoms with Gasteiger partial charge in [-0.2, -0.15) is 5.26 Å². The predicted molar refractivity (Wildman–Crippen MR) is 147 cm³/mol. The minimum absolute atomic E-state index is 0.0159. The number of allylic oxidation sites excluding steroid dienone is 1. The molecule has 0 aliphatic carbocycles. The molecule has 0 saturated carbocycles. The Morgan fingerprint density at radius 1 is 1.11 bits per heavy atom. The van der Waals surface area contributed by atoms with Crippen molar-refractivity contribution in [1.29, 1.82) is 5.26 Å². The molecule has 1 fully saturated rings. The van der Waals surface area contributed by atoms with Crippen LogP contribution >= 0.6 is 23.4 Å². The summed E-state index contributed by atoms with van der Waals surface area (Å²) >= 11 is 7.84. The summed E-state index contributed by atoms with van der Waals surface area (Å²) in [5.41, 5.74) is 4.47. The van der Waals surface area contributed by atoms with Gasteiger partial charge in [0.15, 0.2) is 11.5 Å². The molecule has 5 rings (SSSR count). The molecule has 1 amide bonds. The van der Waals surface area contributed by atoms with Crippen molar-refractivity contribution in [1.82, 2.24) is 4.90 Å². The van der Waals surface area contributed by atoms with Gasteiger partial charge in [-0.05, 0) is 47.9 Å². The average Bonchev–Trinajstić information content (AvgIpc) is 2.93. The van der Waals surface area contributed by atoms with Gasteiger partial charge in [0.1, 0.15) is 6.61 Å². The third kappa shape index (κ3) is 5.13. The van der Waals surface area contributed by atoms with Crippen LogP contribution in [0.4, 0.5) is 5.69 Å². The molecule has 188 valence electrons. The summed E-state index contributed by atoms with van der Waals surface area (Å²) in [4.78, 5) is 17.1. The van der Waals surface area contributed by atoms with Crippen LogP contribution in [0, 0.1) is 18.3 Å². The lowest BCUT2D eigenvalue weighted by molar-refractivity contribution is -0.129. The number of anilines is 1. The molecule has 0 N–H and O–H groups in total. The van der Waals surface area contributed by atoms with E-state index >= 15 is 0 Å². The molecular weight excluding hydrogens is 506 g/mol. The molecule has 2 aliphatic rings. The lowest BCUT2D eigenvalue weighted by Gasteiger charge is -2.42. The van der Waals surface area contributed by atoms with Gasteiger partial charge < -0.3 is 14.4 Å². The minimum atomic E-state index is -0.339. The van der Waals surface area contributed by atoms with Crippen molar-refractivity contribution >= 4 is 35.0 Å². The Balaban J connectivity index is 1.39. The molecular formula is C29H26ClN3O3S. The maximum atomic E-state index is 13.3. The first-order chi connectivity index (χ1) is 18.0. The molecule has 0 spiro atoms. The highest BCUT2D eigenvalue weighted by atomic mass is 35.5. The summed E-state index contributed by atoms with van der Waals surface area (Å²) in [6.45, 7) is 2.76. The molecule has 2 aliphatic heterocycles. The van der Waals surface area contributed by atoms with E-state index < -0.39 is 0 Å². The Kier molecular flexibility index (Phi) is 7.31.